The second-order valence-corrected chi connectivity index (χ2v) is 4.86. The highest BCUT2D eigenvalue weighted by Crippen LogP contribution is 2.21. The van der Waals surface area contributed by atoms with Crippen molar-refractivity contribution in [2.24, 2.45) is 0 Å². The summed E-state index contributed by atoms with van der Waals surface area (Å²) >= 11 is 5.85. The monoisotopic (exact) mass is 285 g/mol. The molecule has 1 aromatic heterocycles. The number of benzene rings is 2. The Hall–Kier alpha value is -2.33. The van der Waals surface area contributed by atoms with Crippen molar-refractivity contribution in [2.75, 3.05) is 5.73 Å². The van der Waals surface area contributed by atoms with Gasteiger partial charge in [0.05, 0.1) is 6.42 Å². The molecule has 0 unspecified atom stereocenters. The maximum Gasteiger partial charge on any atom is 0.247 e. The fourth-order valence-electron chi connectivity index (χ4n) is 1.84. The molecule has 0 amide bonds. The zero-order valence-corrected chi connectivity index (χ0v) is 11.3. The average molecular weight is 286 g/mol. The summed E-state index contributed by atoms with van der Waals surface area (Å²) in [6.45, 7) is 0. The molecule has 0 bridgehead atoms. The molecule has 2 N–H and O–H groups in total. The van der Waals surface area contributed by atoms with E-state index in [2.05, 4.69) is 10.2 Å². The second-order valence-electron chi connectivity index (χ2n) is 4.43. The van der Waals surface area contributed by atoms with E-state index in [1.54, 1.807) is 12.1 Å². The van der Waals surface area contributed by atoms with Crippen LogP contribution in [0.1, 0.15) is 11.5 Å². The van der Waals surface area contributed by atoms with E-state index in [0.717, 1.165) is 16.8 Å². The largest absolute Gasteiger partial charge is 0.420 e. The predicted molar refractivity (Wildman–Crippen MR) is 78.4 cm³/mol. The molecule has 0 aliphatic heterocycles. The molecule has 0 radical (unpaired) electrons. The Morgan fingerprint density at radius 2 is 1.65 bits per heavy atom. The van der Waals surface area contributed by atoms with Gasteiger partial charge in [-0.3, -0.25) is 0 Å². The zero-order chi connectivity index (χ0) is 13.9. The molecule has 0 atom stereocenters. The molecule has 20 heavy (non-hydrogen) atoms. The lowest BCUT2D eigenvalue weighted by atomic mass is 10.1. The van der Waals surface area contributed by atoms with Gasteiger partial charge in [-0.05, 0) is 42.0 Å². The van der Waals surface area contributed by atoms with Gasteiger partial charge >= 0.3 is 0 Å². The Balaban J connectivity index is 1.80. The Bertz CT molecular complexity index is 705. The number of anilines is 1. The maximum absolute atomic E-state index is 5.85. The van der Waals surface area contributed by atoms with Gasteiger partial charge in [0.25, 0.3) is 0 Å². The van der Waals surface area contributed by atoms with Crippen molar-refractivity contribution >= 4 is 17.3 Å². The first-order valence-corrected chi connectivity index (χ1v) is 6.51. The standard InChI is InChI=1S/C15H12ClN3O/c16-12-5-3-11(4-6-12)15-19-18-14(20-15)9-10-1-7-13(17)8-2-10/h1-8H,9,17H2. The summed E-state index contributed by atoms with van der Waals surface area (Å²) < 4.78 is 5.65. The van der Waals surface area contributed by atoms with Crippen molar-refractivity contribution in [3.05, 3.63) is 65.0 Å². The highest BCUT2D eigenvalue weighted by molar-refractivity contribution is 6.30. The summed E-state index contributed by atoms with van der Waals surface area (Å²) in [7, 11) is 0. The van der Waals surface area contributed by atoms with Crippen LogP contribution in [0.25, 0.3) is 11.5 Å². The highest BCUT2D eigenvalue weighted by Gasteiger charge is 2.09. The normalized spacial score (nSPS) is 10.7. The number of nitrogens with two attached hydrogens (primary N) is 1. The van der Waals surface area contributed by atoms with Crippen molar-refractivity contribution < 1.29 is 4.42 Å². The molecule has 0 spiro atoms. The van der Waals surface area contributed by atoms with Gasteiger partial charge < -0.3 is 10.2 Å². The van der Waals surface area contributed by atoms with Crippen LogP contribution >= 0.6 is 11.6 Å². The third-order valence-electron chi connectivity index (χ3n) is 2.89. The van der Waals surface area contributed by atoms with Gasteiger partial charge in [-0.25, -0.2) is 0 Å². The summed E-state index contributed by atoms with van der Waals surface area (Å²) in [5.74, 6) is 1.06. The van der Waals surface area contributed by atoms with Gasteiger partial charge in [-0.2, -0.15) is 0 Å². The van der Waals surface area contributed by atoms with E-state index in [0.29, 0.717) is 23.2 Å². The van der Waals surface area contributed by atoms with Crippen LogP contribution in [-0.4, -0.2) is 10.2 Å². The molecule has 3 aromatic rings. The molecule has 0 saturated heterocycles. The summed E-state index contributed by atoms with van der Waals surface area (Å²) in [6.07, 6.45) is 0.584. The molecule has 0 saturated carbocycles. The fraction of sp³-hybridized carbons (Fsp3) is 0.0667. The van der Waals surface area contributed by atoms with Crippen LogP contribution in [0.3, 0.4) is 0 Å². The molecule has 0 aliphatic carbocycles. The molecule has 2 aromatic carbocycles. The van der Waals surface area contributed by atoms with E-state index in [1.165, 1.54) is 0 Å². The smallest absolute Gasteiger partial charge is 0.247 e. The Morgan fingerprint density at radius 1 is 0.950 bits per heavy atom. The first kappa shape index (κ1) is 12.7. The van der Waals surface area contributed by atoms with Crippen LogP contribution in [0.15, 0.2) is 52.9 Å². The number of nitrogens with zero attached hydrogens (tertiary/aromatic N) is 2. The third-order valence-corrected chi connectivity index (χ3v) is 3.15. The molecule has 4 nitrogen and oxygen atoms in total. The molecule has 1 heterocycles. The van der Waals surface area contributed by atoms with Crippen molar-refractivity contribution in [1.29, 1.82) is 0 Å². The van der Waals surface area contributed by atoms with Gasteiger partial charge in [0.1, 0.15) is 0 Å². The Morgan fingerprint density at radius 3 is 2.35 bits per heavy atom. The zero-order valence-electron chi connectivity index (χ0n) is 10.6. The van der Waals surface area contributed by atoms with Crippen LogP contribution in [-0.2, 0) is 6.42 Å². The van der Waals surface area contributed by atoms with E-state index < -0.39 is 0 Å². The molecular formula is C15H12ClN3O. The van der Waals surface area contributed by atoms with Crippen LogP contribution in [0, 0.1) is 0 Å². The van der Waals surface area contributed by atoms with Crippen molar-refractivity contribution in [1.82, 2.24) is 10.2 Å². The Kier molecular flexibility index (Phi) is 3.39. The van der Waals surface area contributed by atoms with Crippen LogP contribution in [0.4, 0.5) is 5.69 Å². The van der Waals surface area contributed by atoms with Gasteiger partial charge in [0.2, 0.25) is 11.8 Å². The van der Waals surface area contributed by atoms with Gasteiger partial charge in [0.15, 0.2) is 0 Å². The van der Waals surface area contributed by atoms with Crippen LogP contribution in [0.5, 0.6) is 0 Å². The number of hydrogen-bond acceptors (Lipinski definition) is 4. The van der Waals surface area contributed by atoms with Gasteiger partial charge in [-0.15, -0.1) is 10.2 Å². The summed E-state index contributed by atoms with van der Waals surface area (Å²) in [6, 6.07) is 14.9. The van der Waals surface area contributed by atoms with E-state index >= 15 is 0 Å². The van der Waals surface area contributed by atoms with Crippen LogP contribution < -0.4 is 5.73 Å². The summed E-state index contributed by atoms with van der Waals surface area (Å²) in [5.41, 5.74) is 8.31. The quantitative estimate of drug-likeness (QED) is 0.747. The molecule has 5 heteroatoms. The number of rotatable bonds is 3. The van der Waals surface area contributed by atoms with Crippen molar-refractivity contribution in [3.63, 3.8) is 0 Å². The first-order chi connectivity index (χ1) is 9.70. The number of hydrogen-bond donors (Lipinski definition) is 1. The van der Waals surface area contributed by atoms with Gasteiger partial charge in [0, 0.05) is 16.3 Å². The molecular weight excluding hydrogens is 274 g/mol. The number of nitrogen functional groups attached to an aromatic ring is 1. The van der Waals surface area contributed by atoms with E-state index in [-0.39, 0.29) is 0 Å². The number of aromatic nitrogens is 2. The Labute approximate surface area is 121 Å². The first-order valence-electron chi connectivity index (χ1n) is 6.13. The minimum Gasteiger partial charge on any atom is -0.420 e. The van der Waals surface area contributed by atoms with Crippen molar-refractivity contribution in [3.8, 4) is 11.5 Å². The maximum atomic E-state index is 5.85. The highest BCUT2D eigenvalue weighted by atomic mass is 35.5. The van der Waals surface area contributed by atoms with E-state index in [9.17, 15) is 0 Å². The van der Waals surface area contributed by atoms with E-state index in [4.69, 9.17) is 21.8 Å². The molecule has 0 fully saturated rings. The third kappa shape index (κ3) is 2.81. The lowest BCUT2D eigenvalue weighted by Crippen LogP contribution is -1.90. The van der Waals surface area contributed by atoms with Crippen LogP contribution in [0.2, 0.25) is 5.02 Å². The topological polar surface area (TPSA) is 64.9 Å². The fourth-order valence-corrected chi connectivity index (χ4v) is 1.97. The molecule has 100 valence electrons. The molecule has 0 aliphatic rings. The number of halogens is 1. The SMILES string of the molecule is Nc1ccc(Cc2nnc(-c3ccc(Cl)cc3)o2)cc1. The lowest BCUT2D eigenvalue weighted by molar-refractivity contribution is 0.518. The average Bonchev–Trinajstić information content (AvgIpc) is 2.91. The predicted octanol–water partition coefficient (Wildman–Crippen LogP) is 3.56. The minimum atomic E-state index is 0.493. The second kappa shape index (κ2) is 5.35. The van der Waals surface area contributed by atoms with Gasteiger partial charge in [-0.1, -0.05) is 23.7 Å². The van der Waals surface area contributed by atoms with E-state index in [1.807, 2.05) is 36.4 Å². The molecule has 3 rings (SSSR count). The summed E-state index contributed by atoms with van der Waals surface area (Å²) in [5, 5.41) is 8.77. The van der Waals surface area contributed by atoms with Crippen molar-refractivity contribution in [2.45, 2.75) is 6.42 Å². The lowest BCUT2D eigenvalue weighted by Gasteiger charge is -1.98. The summed E-state index contributed by atoms with van der Waals surface area (Å²) in [4.78, 5) is 0. The minimum absolute atomic E-state index is 0.493.